The lowest BCUT2D eigenvalue weighted by molar-refractivity contribution is -0.112. The zero-order valence-corrected chi connectivity index (χ0v) is 20.2. The molecule has 33 heavy (non-hydrogen) atoms. The van der Waals surface area contributed by atoms with Gasteiger partial charge in [-0.2, -0.15) is 5.26 Å². The first-order valence-electron chi connectivity index (χ1n) is 11.3. The Morgan fingerprint density at radius 2 is 1.76 bits per heavy atom. The fraction of sp³-hybridized carbons (Fsp3) is 0.385. The Balaban J connectivity index is 2.17. The molecule has 0 aliphatic rings. The van der Waals surface area contributed by atoms with E-state index in [2.05, 4.69) is 12.2 Å². The second kappa shape index (κ2) is 14.1. The number of anilines is 1. The van der Waals surface area contributed by atoms with Crippen molar-refractivity contribution in [2.24, 2.45) is 0 Å². The van der Waals surface area contributed by atoms with Crippen molar-refractivity contribution in [3.05, 3.63) is 52.6 Å². The summed E-state index contributed by atoms with van der Waals surface area (Å²) in [7, 11) is 0. The monoisotopic (exact) mass is 470 g/mol. The fourth-order valence-corrected chi connectivity index (χ4v) is 3.37. The maximum Gasteiger partial charge on any atom is 0.266 e. The Kier molecular flexibility index (Phi) is 11.1. The minimum absolute atomic E-state index is 0.0596. The molecule has 1 N–H and O–H groups in total. The molecule has 0 atom stereocenters. The van der Waals surface area contributed by atoms with E-state index in [1.165, 1.54) is 6.08 Å². The molecule has 0 aliphatic carbocycles. The molecule has 0 saturated carbocycles. The highest BCUT2D eigenvalue weighted by Gasteiger charge is 2.15. The minimum atomic E-state index is -0.521. The number of ether oxygens (including phenoxy) is 3. The van der Waals surface area contributed by atoms with Gasteiger partial charge in [-0.1, -0.05) is 37.8 Å². The number of nitrogens with zero attached hydrogens (tertiary/aromatic N) is 1. The average Bonchev–Trinajstić information content (AvgIpc) is 2.80. The molecule has 0 radical (unpaired) electrons. The number of nitriles is 1. The van der Waals surface area contributed by atoms with Gasteiger partial charge in [-0.05, 0) is 68.3 Å². The van der Waals surface area contributed by atoms with Crippen molar-refractivity contribution in [2.45, 2.75) is 46.5 Å². The predicted molar refractivity (Wildman–Crippen MR) is 132 cm³/mol. The molecule has 6 nitrogen and oxygen atoms in total. The van der Waals surface area contributed by atoms with Crippen LogP contribution in [0, 0.1) is 11.3 Å². The zero-order chi connectivity index (χ0) is 24.1. The van der Waals surface area contributed by atoms with Crippen molar-refractivity contribution < 1.29 is 19.0 Å². The van der Waals surface area contributed by atoms with E-state index in [4.69, 9.17) is 25.8 Å². The van der Waals surface area contributed by atoms with Gasteiger partial charge in [0.15, 0.2) is 11.5 Å². The Morgan fingerprint density at radius 1 is 1.03 bits per heavy atom. The molecule has 0 aliphatic heterocycles. The third-order valence-corrected chi connectivity index (χ3v) is 4.96. The standard InChI is InChI=1S/C26H31ClN2O4/c1-4-7-8-9-14-33-25-23(27)16-19(17-24(25)32-6-3)15-20(18-28)26(30)29-21-10-12-22(13-11-21)31-5-2/h10-13,15-17H,4-9,14H2,1-3H3,(H,29,30)/b20-15+. The summed E-state index contributed by atoms with van der Waals surface area (Å²) in [5.74, 6) is 1.14. The summed E-state index contributed by atoms with van der Waals surface area (Å²) in [6.45, 7) is 7.45. The van der Waals surface area contributed by atoms with E-state index in [0.717, 1.165) is 25.7 Å². The van der Waals surface area contributed by atoms with Gasteiger partial charge in [0.25, 0.3) is 5.91 Å². The summed E-state index contributed by atoms with van der Waals surface area (Å²) in [4.78, 5) is 12.6. The van der Waals surface area contributed by atoms with Crippen LogP contribution >= 0.6 is 11.6 Å². The quantitative estimate of drug-likeness (QED) is 0.201. The second-order valence-corrected chi connectivity index (χ2v) is 7.66. The maximum atomic E-state index is 12.6. The number of carbonyl (C=O) groups is 1. The van der Waals surface area contributed by atoms with Crippen LogP contribution in [0.1, 0.15) is 52.0 Å². The molecule has 176 valence electrons. The van der Waals surface area contributed by atoms with E-state index in [1.54, 1.807) is 36.4 Å². The maximum absolute atomic E-state index is 12.6. The van der Waals surface area contributed by atoms with E-state index < -0.39 is 5.91 Å². The number of unbranched alkanes of at least 4 members (excludes halogenated alkanes) is 3. The molecular weight excluding hydrogens is 440 g/mol. The van der Waals surface area contributed by atoms with Gasteiger partial charge >= 0.3 is 0 Å². The summed E-state index contributed by atoms with van der Waals surface area (Å²) in [6, 6.07) is 12.3. The largest absolute Gasteiger partial charge is 0.494 e. The van der Waals surface area contributed by atoms with E-state index >= 15 is 0 Å². The molecule has 0 spiro atoms. The van der Waals surface area contributed by atoms with Crippen LogP contribution in [0.4, 0.5) is 5.69 Å². The average molecular weight is 471 g/mol. The van der Waals surface area contributed by atoms with Crippen LogP contribution in [0.2, 0.25) is 5.02 Å². The van der Waals surface area contributed by atoms with Crippen molar-refractivity contribution in [1.29, 1.82) is 5.26 Å². The normalized spacial score (nSPS) is 10.9. The van der Waals surface area contributed by atoms with Crippen LogP contribution in [0.25, 0.3) is 6.08 Å². The van der Waals surface area contributed by atoms with Crippen LogP contribution in [0.3, 0.4) is 0 Å². The molecule has 7 heteroatoms. The van der Waals surface area contributed by atoms with Crippen LogP contribution < -0.4 is 19.5 Å². The third kappa shape index (κ3) is 8.36. The smallest absolute Gasteiger partial charge is 0.266 e. The molecular formula is C26H31ClN2O4. The van der Waals surface area contributed by atoms with Crippen LogP contribution in [0.15, 0.2) is 42.0 Å². The van der Waals surface area contributed by atoms with E-state index in [1.807, 2.05) is 19.9 Å². The highest BCUT2D eigenvalue weighted by atomic mass is 35.5. The first-order valence-corrected chi connectivity index (χ1v) is 11.6. The van der Waals surface area contributed by atoms with Crippen molar-refractivity contribution in [3.8, 4) is 23.3 Å². The molecule has 0 saturated heterocycles. The minimum Gasteiger partial charge on any atom is -0.494 e. The number of rotatable bonds is 13. The van der Waals surface area contributed by atoms with Crippen molar-refractivity contribution in [1.82, 2.24) is 0 Å². The number of halogens is 1. The molecule has 0 unspecified atom stereocenters. The highest BCUT2D eigenvalue weighted by Crippen LogP contribution is 2.37. The molecule has 0 bridgehead atoms. The van der Waals surface area contributed by atoms with Gasteiger partial charge in [0.2, 0.25) is 0 Å². The second-order valence-electron chi connectivity index (χ2n) is 7.25. The first-order chi connectivity index (χ1) is 16.0. The van der Waals surface area contributed by atoms with Crippen molar-refractivity contribution in [3.63, 3.8) is 0 Å². The zero-order valence-electron chi connectivity index (χ0n) is 19.4. The predicted octanol–water partition coefficient (Wildman–Crippen LogP) is 6.64. The Labute approximate surface area is 201 Å². The van der Waals surface area contributed by atoms with Gasteiger partial charge < -0.3 is 19.5 Å². The first kappa shape index (κ1) is 26.1. The van der Waals surface area contributed by atoms with E-state index in [-0.39, 0.29) is 5.57 Å². The number of benzene rings is 2. The van der Waals surface area contributed by atoms with E-state index in [0.29, 0.717) is 53.3 Å². The number of amides is 1. The van der Waals surface area contributed by atoms with Crippen LogP contribution in [0.5, 0.6) is 17.2 Å². The van der Waals surface area contributed by atoms with Crippen molar-refractivity contribution in [2.75, 3.05) is 25.1 Å². The summed E-state index contributed by atoms with van der Waals surface area (Å²) in [6.07, 6.45) is 5.81. The number of nitrogens with one attached hydrogen (secondary N) is 1. The molecule has 2 aromatic carbocycles. The van der Waals surface area contributed by atoms with Gasteiger partial charge in [0, 0.05) is 5.69 Å². The number of hydrogen-bond acceptors (Lipinski definition) is 5. The number of carbonyl (C=O) groups excluding carboxylic acids is 1. The molecule has 1 amide bonds. The van der Waals surface area contributed by atoms with Crippen molar-refractivity contribution >= 4 is 29.3 Å². The van der Waals surface area contributed by atoms with Gasteiger partial charge in [-0.3, -0.25) is 4.79 Å². The van der Waals surface area contributed by atoms with Gasteiger partial charge in [-0.15, -0.1) is 0 Å². The third-order valence-electron chi connectivity index (χ3n) is 4.68. The summed E-state index contributed by atoms with van der Waals surface area (Å²) < 4.78 is 17.0. The molecule has 0 aromatic heterocycles. The van der Waals surface area contributed by atoms with E-state index in [9.17, 15) is 10.1 Å². The van der Waals surface area contributed by atoms with Gasteiger partial charge in [0.05, 0.1) is 24.8 Å². The van der Waals surface area contributed by atoms with Gasteiger partial charge in [-0.25, -0.2) is 0 Å². The SMILES string of the molecule is CCCCCCOc1c(Cl)cc(/C=C(\C#N)C(=O)Nc2ccc(OCC)cc2)cc1OCC. The fourth-order valence-electron chi connectivity index (χ4n) is 3.09. The summed E-state index contributed by atoms with van der Waals surface area (Å²) in [5, 5.41) is 12.6. The lowest BCUT2D eigenvalue weighted by atomic mass is 10.1. The Morgan fingerprint density at radius 3 is 2.39 bits per heavy atom. The topological polar surface area (TPSA) is 80.6 Å². The molecule has 0 heterocycles. The highest BCUT2D eigenvalue weighted by molar-refractivity contribution is 6.32. The lowest BCUT2D eigenvalue weighted by Crippen LogP contribution is -2.13. The Hall–Kier alpha value is -3.17. The molecule has 2 aromatic rings. The number of hydrogen-bond donors (Lipinski definition) is 1. The van der Waals surface area contributed by atoms with Gasteiger partial charge in [0.1, 0.15) is 17.4 Å². The molecule has 0 fully saturated rings. The molecule has 2 rings (SSSR count). The summed E-state index contributed by atoms with van der Waals surface area (Å²) >= 11 is 6.46. The lowest BCUT2D eigenvalue weighted by Gasteiger charge is -2.14. The van der Waals surface area contributed by atoms with Crippen LogP contribution in [-0.2, 0) is 4.79 Å². The van der Waals surface area contributed by atoms with Crippen LogP contribution in [-0.4, -0.2) is 25.7 Å². The summed E-state index contributed by atoms with van der Waals surface area (Å²) in [5.41, 5.74) is 1.07. The Bertz CT molecular complexity index is 981.